The van der Waals surface area contributed by atoms with E-state index in [0.717, 1.165) is 5.57 Å². The number of nitrogens with one attached hydrogen (secondary N) is 1. The summed E-state index contributed by atoms with van der Waals surface area (Å²) in [5.74, 6) is 0.507. The molecule has 3 heteroatoms. The van der Waals surface area contributed by atoms with Crippen LogP contribution in [0.1, 0.15) is 34.6 Å². The highest BCUT2D eigenvalue weighted by Gasteiger charge is 2.21. The largest absolute Gasteiger partial charge is 0.311 e. The first-order valence-electron chi connectivity index (χ1n) is 4.94. The van der Waals surface area contributed by atoms with Crippen LogP contribution in [-0.4, -0.2) is 12.1 Å². The molecule has 3 nitrogen and oxygen atoms in total. The van der Waals surface area contributed by atoms with Gasteiger partial charge in [0.25, 0.3) is 0 Å². The van der Waals surface area contributed by atoms with Crippen LogP contribution >= 0.6 is 0 Å². The van der Waals surface area contributed by atoms with Gasteiger partial charge in [0.05, 0.1) is 0 Å². The molecule has 0 aromatic heterocycles. The van der Waals surface area contributed by atoms with Crippen LogP contribution in [0.5, 0.6) is 0 Å². The van der Waals surface area contributed by atoms with Crippen molar-refractivity contribution in [2.45, 2.75) is 34.6 Å². The zero-order chi connectivity index (χ0) is 12.1. The Hall–Kier alpha value is -1.38. The molecule has 0 saturated carbocycles. The number of hydrogen-bond donors (Lipinski definition) is 1. The first-order valence-corrected chi connectivity index (χ1v) is 4.94. The van der Waals surface area contributed by atoms with Crippen molar-refractivity contribution in [1.82, 2.24) is 5.32 Å². The maximum Gasteiger partial charge on any atom is 0.230 e. The van der Waals surface area contributed by atoms with Crippen molar-refractivity contribution in [3.63, 3.8) is 0 Å². The fourth-order valence-corrected chi connectivity index (χ4v) is 0.663. The topological polar surface area (TPSA) is 41.5 Å². The zero-order valence-corrected chi connectivity index (χ0v) is 10.2. The number of rotatable bonds is 3. The summed E-state index contributed by atoms with van der Waals surface area (Å²) in [6, 6.07) is 0. The summed E-state index contributed by atoms with van der Waals surface area (Å²) in [5.41, 5.74) is 0.437. The minimum absolute atomic E-state index is 0.0468. The van der Waals surface area contributed by atoms with E-state index in [1.165, 1.54) is 0 Å². The van der Waals surface area contributed by atoms with E-state index in [0.29, 0.717) is 5.82 Å². The monoisotopic (exact) mass is 208 g/mol. The van der Waals surface area contributed by atoms with Crippen molar-refractivity contribution in [1.29, 1.82) is 0 Å². The van der Waals surface area contributed by atoms with Crippen LogP contribution < -0.4 is 5.32 Å². The van der Waals surface area contributed by atoms with Gasteiger partial charge in [-0.25, -0.2) is 4.99 Å². The van der Waals surface area contributed by atoms with Crippen LogP contribution in [0, 0.1) is 5.41 Å². The lowest BCUT2D eigenvalue weighted by molar-refractivity contribution is -0.127. The molecule has 15 heavy (non-hydrogen) atoms. The van der Waals surface area contributed by atoms with E-state index in [4.69, 9.17) is 0 Å². The minimum atomic E-state index is -0.410. The lowest BCUT2D eigenvalue weighted by Gasteiger charge is -2.17. The summed E-state index contributed by atoms with van der Waals surface area (Å²) in [4.78, 5) is 15.7. The predicted octanol–water partition coefficient (Wildman–Crippen LogP) is 2.66. The molecule has 84 valence electrons. The Bertz CT molecular complexity index is 306. The van der Waals surface area contributed by atoms with Gasteiger partial charge in [-0.2, -0.15) is 0 Å². The molecular weight excluding hydrogens is 188 g/mol. The van der Waals surface area contributed by atoms with Gasteiger partial charge in [-0.15, -0.1) is 0 Å². The average molecular weight is 208 g/mol. The SMILES string of the molecule is C=C(C)/C=N\C(=C/C)NC(=O)C(C)(C)C. The Morgan fingerprint density at radius 3 is 2.27 bits per heavy atom. The third kappa shape index (κ3) is 5.83. The lowest BCUT2D eigenvalue weighted by Crippen LogP contribution is -2.33. The normalized spacial score (nSPS) is 13.0. The number of aliphatic imine (C=N–C) groups is 1. The van der Waals surface area contributed by atoms with Gasteiger partial charge in [-0.3, -0.25) is 4.79 Å². The Kier molecular flexibility index (Phi) is 4.98. The molecule has 0 fully saturated rings. The molecule has 0 unspecified atom stereocenters. The molecule has 0 radical (unpaired) electrons. The fraction of sp³-hybridized carbons (Fsp3) is 0.500. The van der Waals surface area contributed by atoms with E-state index >= 15 is 0 Å². The molecule has 0 aliphatic heterocycles. The van der Waals surface area contributed by atoms with E-state index in [2.05, 4.69) is 16.9 Å². The van der Waals surface area contributed by atoms with Crippen LogP contribution in [-0.2, 0) is 4.79 Å². The minimum Gasteiger partial charge on any atom is -0.311 e. The summed E-state index contributed by atoms with van der Waals surface area (Å²) < 4.78 is 0. The third-order valence-electron chi connectivity index (χ3n) is 1.62. The molecule has 1 amide bonds. The van der Waals surface area contributed by atoms with Gasteiger partial charge >= 0.3 is 0 Å². The van der Waals surface area contributed by atoms with Gasteiger partial charge in [0.1, 0.15) is 5.82 Å². The van der Waals surface area contributed by atoms with Crippen LogP contribution in [0.4, 0.5) is 0 Å². The highest BCUT2D eigenvalue weighted by molar-refractivity contribution is 5.84. The molecular formula is C12H20N2O. The molecule has 0 bridgehead atoms. The van der Waals surface area contributed by atoms with Crippen molar-refractivity contribution in [3.05, 3.63) is 24.0 Å². The zero-order valence-electron chi connectivity index (χ0n) is 10.2. The second-order valence-corrected chi connectivity index (χ2v) is 4.48. The summed E-state index contributed by atoms with van der Waals surface area (Å²) in [6.07, 6.45) is 3.38. The molecule has 0 spiro atoms. The maximum atomic E-state index is 11.6. The third-order valence-corrected chi connectivity index (χ3v) is 1.62. The number of carbonyl (C=O) groups is 1. The van der Waals surface area contributed by atoms with Crippen molar-refractivity contribution >= 4 is 12.1 Å². The molecule has 0 heterocycles. The van der Waals surface area contributed by atoms with E-state index in [1.807, 2.05) is 34.6 Å². The van der Waals surface area contributed by atoms with E-state index < -0.39 is 5.41 Å². The fourth-order valence-electron chi connectivity index (χ4n) is 0.663. The smallest absolute Gasteiger partial charge is 0.230 e. The Balaban J connectivity index is 4.51. The standard InChI is InChI=1S/C12H20N2O/c1-7-10(13-8-9(2)3)14-11(15)12(4,5)6/h7-8H,2H2,1,3-6H3,(H,14,15)/b10-7+,13-8-. The highest BCUT2D eigenvalue weighted by Crippen LogP contribution is 2.13. The number of amides is 1. The van der Waals surface area contributed by atoms with Crippen LogP contribution in [0.2, 0.25) is 0 Å². The first-order chi connectivity index (χ1) is 6.77. The van der Waals surface area contributed by atoms with Crippen molar-refractivity contribution < 1.29 is 4.79 Å². The molecule has 1 N–H and O–H groups in total. The Morgan fingerprint density at radius 1 is 1.40 bits per heavy atom. The van der Waals surface area contributed by atoms with E-state index in [9.17, 15) is 4.79 Å². The lowest BCUT2D eigenvalue weighted by atomic mass is 9.96. The summed E-state index contributed by atoms with van der Waals surface area (Å²) in [5, 5.41) is 2.75. The quantitative estimate of drug-likeness (QED) is 0.712. The van der Waals surface area contributed by atoms with Crippen LogP contribution in [0.25, 0.3) is 0 Å². The Labute approximate surface area is 92.0 Å². The van der Waals surface area contributed by atoms with Gasteiger partial charge in [-0.05, 0) is 25.5 Å². The van der Waals surface area contributed by atoms with Crippen molar-refractivity contribution in [2.75, 3.05) is 0 Å². The Morgan fingerprint density at radius 2 is 1.93 bits per heavy atom. The summed E-state index contributed by atoms with van der Waals surface area (Å²) in [6.45, 7) is 13.0. The van der Waals surface area contributed by atoms with E-state index in [1.54, 1.807) is 12.3 Å². The molecule has 0 aliphatic rings. The predicted molar refractivity (Wildman–Crippen MR) is 64.7 cm³/mol. The van der Waals surface area contributed by atoms with Crippen LogP contribution in [0.3, 0.4) is 0 Å². The van der Waals surface area contributed by atoms with Gasteiger partial charge < -0.3 is 5.32 Å². The molecule has 0 atom stereocenters. The molecule has 0 aromatic rings. The number of hydrogen-bond acceptors (Lipinski definition) is 2. The summed E-state index contributed by atoms with van der Waals surface area (Å²) >= 11 is 0. The van der Waals surface area contributed by atoms with E-state index in [-0.39, 0.29) is 5.91 Å². The van der Waals surface area contributed by atoms with Gasteiger partial charge in [-0.1, -0.05) is 27.4 Å². The summed E-state index contributed by atoms with van der Waals surface area (Å²) in [7, 11) is 0. The van der Waals surface area contributed by atoms with Crippen LogP contribution in [0.15, 0.2) is 29.0 Å². The van der Waals surface area contributed by atoms with Crippen molar-refractivity contribution in [3.8, 4) is 0 Å². The van der Waals surface area contributed by atoms with Gasteiger partial charge in [0.15, 0.2) is 0 Å². The van der Waals surface area contributed by atoms with Gasteiger partial charge in [0, 0.05) is 11.6 Å². The second-order valence-electron chi connectivity index (χ2n) is 4.48. The average Bonchev–Trinajstić information content (AvgIpc) is 2.09. The number of carbonyl (C=O) groups excluding carboxylic acids is 1. The first kappa shape index (κ1) is 13.6. The molecule has 0 aromatic carbocycles. The molecule has 0 saturated heterocycles. The van der Waals surface area contributed by atoms with Crippen molar-refractivity contribution in [2.24, 2.45) is 10.4 Å². The maximum absolute atomic E-state index is 11.6. The highest BCUT2D eigenvalue weighted by atomic mass is 16.2. The number of nitrogens with zero attached hydrogens (tertiary/aromatic N) is 1. The second kappa shape index (κ2) is 5.49. The number of allylic oxidation sites excluding steroid dienone is 2. The molecule has 0 rings (SSSR count). The molecule has 0 aliphatic carbocycles. The van der Waals surface area contributed by atoms with Gasteiger partial charge in [0.2, 0.25) is 5.91 Å².